The van der Waals surface area contributed by atoms with E-state index in [0.717, 1.165) is 45.4 Å². The van der Waals surface area contributed by atoms with Crippen molar-refractivity contribution in [2.24, 2.45) is 29.6 Å². The van der Waals surface area contributed by atoms with Gasteiger partial charge in [0.2, 0.25) is 11.8 Å². The normalized spacial score (nSPS) is 27.4. The molecule has 7 atom stereocenters. The monoisotopic (exact) mass is 677 g/mol. The summed E-state index contributed by atoms with van der Waals surface area (Å²) >= 11 is 2.74. The number of ether oxygens (including phenoxy) is 1. The summed E-state index contributed by atoms with van der Waals surface area (Å²) < 4.78 is 45.1. The third kappa shape index (κ3) is 4.98. The average molecular weight is 678 g/mol. The fourth-order valence-corrected chi connectivity index (χ4v) is 11.0. The quantitative estimate of drug-likeness (QED) is 0.237. The molecule has 2 aliphatic heterocycles. The zero-order chi connectivity index (χ0) is 32.6. The fraction of sp³-hybridized carbons (Fsp3) is 0.294. The summed E-state index contributed by atoms with van der Waals surface area (Å²) in [6, 6.07) is 20.6. The molecule has 1 aromatic heterocycles. The molecule has 4 aromatic rings. The molecule has 47 heavy (non-hydrogen) atoms. The number of hydrogen-bond donors (Lipinski definition) is 2. The van der Waals surface area contributed by atoms with Crippen LogP contribution in [0.25, 0.3) is 0 Å². The number of amides is 3. The number of aromatic nitrogens is 1. The van der Waals surface area contributed by atoms with Crippen molar-refractivity contribution in [3.8, 4) is 5.75 Å². The Kier molecular flexibility index (Phi) is 7.10. The van der Waals surface area contributed by atoms with E-state index in [4.69, 9.17) is 4.74 Å². The zero-order valence-electron chi connectivity index (χ0n) is 24.4. The van der Waals surface area contributed by atoms with E-state index in [1.807, 2.05) is 30.3 Å². The summed E-state index contributed by atoms with van der Waals surface area (Å²) in [5, 5.41) is 3.23. The highest BCUT2D eigenvalue weighted by Crippen LogP contribution is 2.68. The third-order valence-electron chi connectivity index (χ3n) is 9.80. The molecule has 3 fully saturated rings. The van der Waals surface area contributed by atoms with Gasteiger partial charge < -0.3 is 15.0 Å². The van der Waals surface area contributed by atoms with Crippen molar-refractivity contribution >= 4 is 52.2 Å². The van der Waals surface area contributed by atoms with Gasteiger partial charge in [0.1, 0.15) is 5.75 Å². The number of anilines is 2. The molecule has 0 radical (unpaired) electrons. The average Bonchev–Trinajstić information content (AvgIpc) is 3.79. The molecule has 2 bridgehead atoms. The van der Waals surface area contributed by atoms with E-state index < -0.39 is 36.1 Å². The number of thioether (sulfide) groups is 1. The van der Waals surface area contributed by atoms with Gasteiger partial charge in [-0.3, -0.25) is 24.1 Å². The molecule has 13 heteroatoms. The maximum absolute atomic E-state index is 13.9. The zero-order valence-corrected chi connectivity index (χ0v) is 26.0. The SMILES string of the molecule is O=C(COc1cccc([C@H]2c3sc(=O)[nH]c3SC3C2[C@H]2C[C@@H]3C3C(=O)N(c4ccccc4)C(=O)C32)c1)Nc1cccc(C(F)(F)F)c1. The van der Waals surface area contributed by atoms with Crippen molar-refractivity contribution in [1.29, 1.82) is 0 Å². The number of aromatic amines is 1. The molecule has 4 unspecified atom stereocenters. The number of imide groups is 1. The van der Waals surface area contributed by atoms with Gasteiger partial charge in [-0.05, 0) is 72.2 Å². The van der Waals surface area contributed by atoms with Gasteiger partial charge in [-0.25, -0.2) is 0 Å². The van der Waals surface area contributed by atoms with Crippen LogP contribution in [0, 0.1) is 29.6 Å². The van der Waals surface area contributed by atoms with E-state index >= 15 is 0 Å². The van der Waals surface area contributed by atoms with Gasteiger partial charge in [-0.1, -0.05) is 47.7 Å². The van der Waals surface area contributed by atoms with E-state index in [2.05, 4.69) is 10.3 Å². The van der Waals surface area contributed by atoms with Crippen LogP contribution < -0.4 is 19.8 Å². The highest BCUT2D eigenvalue weighted by Gasteiger charge is 2.69. The van der Waals surface area contributed by atoms with Crippen LogP contribution in [-0.2, 0) is 20.6 Å². The van der Waals surface area contributed by atoms with Gasteiger partial charge in [-0.15, -0.1) is 11.8 Å². The number of hydrogen-bond acceptors (Lipinski definition) is 7. The number of rotatable bonds is 6. The molecule has 2 saturated carbocycles. The molecule has 240 valence electrons. The predicted octanol–water partition coefficient (Wildman–Crippen LogP) is 6.15. The second-order valence-electron chi connectivity index (χ2n) is 12.3. The van der Waals surface area contributed by atoms with Crippen molar-refractivity contribution in [3.63, 3.8) is 0 Å². The molecule has 4 aliphatic rings. The molecule has 8 rings (SSSR count). The number of carbonyl (C=O) groups excluding carboxylic acids is 3. The van der Waals surface area contributed by atoms with Crippen molar-refractivity contribution in [2.75, 3.05) is 16.8 Å². The minimum atomic E-state index is -4.54. The Balaban J connectivity index is 1.06. The number of alkyl halides is 3. The van der Waals surface area contributed by atoms with Crippen molar-refractivity contribution in [3.05, 3.63) is 105 Å². The molecule has 2 N–H and O–H groups in total. The fourth-order valence-electron chi connectivity index (χ4n) is 8.14. The predicted molar refractivity (Wildman–Crippen MR) is 169 cm³/mol. The molecule has 1 saturated heterocycles. The van der Waals surface area contributed by atoms with E-state index in [-0.39, 0.29) is 51.3 Å². The van der Waals surface area contributed by atoms with Crippen LogP contribution in [0.4, 0.5) is 24.5 Å². The number of para-hydroxylation sites is 1. The first kappa shape index (κ1) is 30.0. The van der Waals surface area contributed by atoms with Gasteiger partial charge in [0, 0.05) is 21.7 Å². The Labute approximate surface area is 274 Å². The maximum atomic E-state index is 13.9. The highest BCUT2D eigenvalue weighted by atomic mass is 32.2. The first-order valence-electron chi connectivity index (χ1n) is 15.1. The minimum Gasteiger partial charge on any atom is -0.484 e. The number of halogens is 3. The van der Waals surface area contributed by atoms with Crippen LogP contribution in [0.1, 0.15) is 28.3 Å². The summed E-state index contributed by atoms with van der Waals surface area (Å²) in [5.74, 6) is -1.76. The van der Waals surface area contributed by atoms with Crippen LogP contribution in [0.5, 0.6) is 5.75 Å². The lowest BCUT2D eigenvalue weighted by atomic mass is 9.68. The number of nitrogens with one attached hydrogen (secondary N) is 2. The Morgan fingerprint density at radius 2 is 1.68 bits per heavy atom. The lowest BCUT2D eigenvalue weighted by molar-refractivity contribution is -0.137. The van der Waals surface area contributed by atoms with Crippen molar-refractivity contribution < 1.29 is 32.3 Å². The van der Waals surface area contributed by atoms with Gasteiger partial charge >= 0.3 is 11.0 Å². The molecular weight excluding hydrogens is 652 g/mol. The van der Waals surface area contributed by atoms with Crippen molar-refractivity contribution in [1.82, 2.24) is 4.98 Å². The van der Waals surface area contributed by atoms with Crippen molar-refractivity contribution in [2.45, 2.75) is 28.8 Å². The van der Waals surface area contributed by atoms with E-state index in [1.54, 1.807) is 36.0 Å². The Morgan fingerprint density at radius 1 is 0.936 bits per heavy atom. The number of nitrogens with zero attached hydrogens (tertiary/aromatic N) is 1. The lowest BCUT2D eigenvalue weighted by Crippen LogP contribution is -2.42. The van der Waals surface area contributed by atoms with E-state index in [0.29, 0.717) is 11.4 Å². The van der Waals surface area contributed by atoms with Crippen LogP contribution in [0.15, 0.2) is 88.7 Å². The standard InChI is InChI=1S/C34H26F3N3O5S2/c35-34(36,37)17-7-5-8-18(13-17)38-23(41)15-45-20-11-4-6-16(12-20)24-25-21-14-22(28(25)46-30-29(24)47-33(44)39-30)27-26(21)31(42)40(32(27)43)19-9-2-1-3-10-19/h1-13,21-22,24-28H,14-15H2,(H,38,41)(H,39,44)/t21-,22-,24-,25?,26?,27?,28?/m1/s1. The molecule has 8 nitrogen and oxygen atoms in total. The maximum Gasteiger partial charge on any atom is 0.416 e. The molecular formula is C34H26F3N3O5S2. The van der Waals surface area contributed by atoms with Gasteiger partial charge in [-0.2, -0.15) is 13.2 Å². The molecule has 0 spiro atoms. The van der Waals surface area contributed by atoms with Crippen LogP contribution in [0.3, 0.4) is 0 Å². The smallest absolute Gasteiger partial charge is 0.416 e. The topological polar surface area (TPSA) is 109 Å². The van der Waals surface area contributed by atoms with Gasteiger partial charge in [0.15, 0.2) is 6.61 Å². The Hall–Kier alpha value is -4.36. The molecule has 3 amide bonds. The second kappa shape index (κ2) is 11.1. The third-order valence-corrected chi connectivity index (χ3v) is 12.4. The highest BCUT2D eigenvalue weighted by molar-refractivity contribution is 8.00. The largest absolute Gasteiger partial charge is 0.484 e. The van der Waals surface area contributed by atoms with E-state index in [9.17, 15) is 32.3 Å². The summed E-state index contributed by atoms with van der Waals surface area (Å²) in [4.78, 5) is 57.9. The summed E-state index contributed by atoms with van der Waals surface area (Å²) in [6.45, 7) is -0.435. The Morgan fingerprint density at radius 3 is 2.45 bits per heavy atom. The number of benzene rings is 3. The summed E-state index contributed by atoms with van der Waals surface area (Å²) in [6.07, 6.45) is -3.79. The first-order chi connectivity index (χ1) is 22.6. The van der Waals surface area contributed by atoms with E-state index in [1.165, 1.54) is 17.0 Å². The number of carbonyl (C=O) groups is 3. The molecule has 3 aromatic carbocycles. The Bertz CT molecular complexity index is 1980. The summed E-state index contributed by atoms with van der Waals surface area (Å²) in [7, 11) is 0. The van der Waals surface area contributed by atoms with Crippen LogP contribution >= 0.6 is 23.1 Å². The lowest BCUT2D eigenvalue weighted by Gasteiger charge is -2.43. The summed E-state index contributed by atoms with van der Waals surface area (Å²) in [5.41, 5.74) is 0.563. The van der Waals surface area contributed by atoms with Crippen LogP contribution in [0.2, 0.25) is 0 Å². The number of thiazole rings is 1. The molecule has 2 aliphatic carbocycles. The van der Waals surface area contributed by atoms with Gasteiger partial charge in [0.25, 0.3) is 5.91 Å². The van der Waals surface area contributed by atoms with Gasteiger partial charge in [0.05, 0.1) is 28.1 Å². The first-order valence-corrected chi connectivity index (χ1v) is 16.8. The second-order valence-corrected chi connectivity index (χ2v) is 14.5. The minimum absolute atomic E-state index is 0.00294. The molecule has 3 heterocycles. The number of H-pyrrole nitrogens is 1. The van der Waals surface area contributed by atoms with Crippen LogP contribution in [-0.4, -0.2) is 34.6 Å². The number of fused-ring (bicyclic) bond motifs is 9.